The number of nitrogens with zero attached hydrogens (tertiary/aromatic N) is 5. The second-order valence-electron chi connectivity index (χ2n) is 5.35. The minimum atomic E-state index is -0.975. The number of nitro benzene ring substituents is 1. The van der Waals surface area contributed by atoms with Crippen molar-refractivity contribution in [1.82, 2.24) is 20.2 Å². The van der Waals surface area contributed by atoms with Crippen molar-refractivity contribution in [2.45, 2.75) is 11.6 Å². The highest BCUT2D eigenvalue weighted by molar-refractivity contribution is 7.99. The van der Waals surface area contributed by atoms with Gasteiger partial charge in [-0.1, -0.05) is 11.8 Å². The second-order valence-corrected chi connectivity index (χ2v) is 6.30. The number of nitro groups is 1. The van der Waals surface area contributed by atoms with E-state index in [1.165, 1.54) is 12.1 Å². The predicted molar refractivity (Wildman–Crippen MR) is 90.6 cm³/mol. The number of aromatic amines is 1. The molecule has 0 spiro atoms. The lowest BCUT2D eigenvalue weighted by molar-refractivity contribution is -0.384. The Morgan fingerprint density at radius 2 is 2.20 bits per heavy atom. The van der Waals surface area contributed by atoms with E-state index in [9.17, 15) is 14.9 Å². The third kappa shape index (κ3) is 3.94. The Hall–Kier alpha value is -2.95. The molecule has 3 rings (SSSR count). The number of carboxylic acids is 1. The zero-order valence-corrected chi connectivity index (χ0v) is 14.0. The summed E-state index contributed by atoms with van der Waals surface area (Å²) >= 11 is 0.967. The Kier molecular flexibility index (Phi) is 4.65. The van der Waals surface area contributed by atoms with Crippen LogP contribution in [-0.2, 0) is 4.79 Å². The van der Waals surface area contributed by atoms with Crippen LogP contribution in [0.1, 0.15) is 12.0 Å². The van der Waals surface area contributed by atoms with E-state index >= 15 is 0 Å². The summed E-state index contributed by atoms with van der Waals surface area (Å²) in [6.07, 6.45) is 0.702. The van der Waals surface area contributed by atoms with Crippen molar-refractivity contribution < 1.29 is 14.8 Å². The van der Waals surface area contributed by atoms with Gasteiger partial charge in [0.05, 0.1) is 16.4 Å². The number of hydrogen-bond donors (Lipinski definition) is 2. The molecule has 2 aromatic rings. The summed E-state index contributed by atoms with van der Waals surface area (Å²) in [7, 11) is 1.84. The highest BCUT2D eigenvalue weighted by Crippen LogP contribution is 2.27. The minimum Gasteiger partial charge on any atom is -0.481 e. The molecule has 2 heterocycles. The van der Waals surface area contributed by atoms with E-state index in [2.05, 4.69) is 20.3 Å². The monoisotopic (exact) mass is 362 g/mol. The molecule has 1 aliphatic rings. The number of aliphatic carboxylic acids is 1. The number of aromatic nitrogens is 3. The van der Waals surface area contributed by atoms with Crippen molar-refractivity contribution >= 4 is 29.1 Å². The van der Waals surface area contributed by atoms with Crippen molar-refractivity contribution in [2.24, 2.45) is 5.10 Å². The van der Waals surface area contributed by atoms with E-state index in [0.29, 0.717) is 23.4 Å². The molecule has 0 amide bonds. The topological polar surface area (TPSA) is 138 Å². The smallest absolute Gasteiger partial charge is 0.313 e. The van der Waals surface area contributed by atoms with Gasteiger partial charge in [0.15, 0.2) is 5.82 Å². The summed E-state index contributed by atoms with van der Waals surface area (Å²) in [6, 6.07) is 4.64. The Balaban J connectivity index is 1.95. The molecule has 1 aromatic carbocycles. The molecule has 2 N–H and O–H groups in total. The first kappa shape index (κ1) is 16.9. The van der Waals surface area contributed by atoms with Crippen LogP contribution in [0.4, 0.5) is 5.69 Å². The Morgan fingerprint density at radius 1 is 1.44 bits per heavy atom. The highest BCUT2D eigenvalue weighted by atomic mass is 32.2. The van der Waals surface area contributed by atoms with Crippen molar-refractivity contribution in [3.8, 4) is 11.4 Å². The van der Waals surface area contributed by atoms with Crippen molar-refractivity contribution in [1.29, 1.82) is 0 Å². The maximum Gasteiger partial charge on any atom is 0.313 e. The van der Waals surface area contributed by atoms with Crippen LogP contribution < -0.4 is 0 Å². The van der Waals surface area contributed by atoms with E-state index in [0.717, 1.165) is 24.0 Å². The maximum atomic E-state index is 11.2. The van der Waals surface area contributed by atoms with Gasteiger partial charge in [0, 0.05) is 43.3 Å². The fourth-order valence-corrected chi connectivity index (χ4v) is 2.88. The molecule has 10 nitrogen and oxygen atoms in total. The number of benzene rings is 1. The van der Waals surface area contributed by atoms with Crippen molar-refractivity contribution in [2.75, 3.05) is 19.3 Å². The van der Waals surface area contributed by atoms with Crippen LogP contribution in [0.25, 0.3) is 11.4 Å². The average Bonchev–Trinajstić information content (AvgIpc) is 3.21. The average molecular weight is 362 g/mol. The first-order valence-electron chi connectivity index (χ1n) is 7.28. The van der Waals surface area contributed by atoms with Crippen molar-refractivity contribution in [3.05, 3.63) is 33.9 Å². The number of non-ortho nitro benzene ring substituents is 1. The summed E-state index contributed by atoms with van der Waals surface area (Å²) in [5, 5.41) is 33.0. The van der Waals surface area contributed by atoms with Gasteiger partial charge in [-0.05, 0) is 6.07 Å². The van der Waals surface area contributed by atoms with Gasteiger partial charge < -0.3 is 5.11 Å². The minimum absolute atomic E-state index is 0.0686. The normalized spacial score (nSPS) is 13.8. The van der Waals surface area contributed by atoms with Gasteiger partial charge >= 0.3 is 5.97 Å². The van der Waals surface area contributed by atoms with Crippen LogP contribution in [0.2, 0.25) is 0 Å². The molecule has 0 aliphatic carbocycles. The molecule has 0 fully saturated rings. The first-order valence-corrected chi connectivity index (χ1v) is 8.27. The first-order chi connectivity index (χ1) is 11.9. The van der Waals surface area contributed by atoms with Gasteiger partial charge in [-0.2, -0.15) is 5.10 Å². The fraction of sp³-hybridized carbons (Fsp3) is 0.286. The lowest BCUT2D eigenvalue weighted by atomic mass is 10.0. The number of carbonyl (C=O) groups is 1. The molecule has 0 unspecified atom stereocenters. The molecule has 25 heavy (non-hydrogen) atoms. The summed E-state index contributed by atoms with van der Waals surface area (Å²) in [4.78, 5) is 25.6. The number of hydrogen-bond acceptors (Lipinski definition) is 8. The van der Waals surface area contributed by atoms with Crippen LogP contribution in [0, 0.1) is 10.1 Å². The molecular formula is C14H14N6O4S. The Morgan fingerprint density at radius 3 is 2.84 bits per heavy atom. The number of hydrazone groups is 1. The number of thioether (sulfide) groups is 1. The fourth-order valence-electron chi connectivity index (χ4n) is 2.36. The van der Waals surface area contributed by atoms with E-state index in [1.807, 2.05) is 7.05 Å². The highest BCUT2D eigenvalue weighted by Gasteiger charge is 2.19. The Labute approximate surface area is 146 Å². The molecule has 0 bridgehead atoms. The molecule has 0 atom stereocenters. The van der Waals surface area contributed by atoms with Gasteiger partial charge in [0.1, 0.15) is 0 Å². The predicted octanol–water partition coefficient (Wildman–Crippen LogP) is 1.60. The number of H-pyrrole nitrogens is 1. The standard InChI is InChI=1S/C14H14N6O4S/c1-19-3-2-11(18-19)8-4-9(6-10(5-8)20(23)24)13-15-14(17-16-13)25-7-12(21)22/h4-6H,2-3,7H2,1H3,(H,21,22)(H,15,16,17). The summed E-state index contributed by atoms with van der Waals surface area (Å²) in [5.74, 6) is -0.803. The van der Waals surface area contributed by atoms with E-state index in [-0.39, 0.29) is 16.6 Å². The van der Waals surface area contributed by atoms with Crippen LogP contribution in [0.3, 0.4) is 0 Å². The van der Waals surface area contributed by atoms with E-state index in [4.69, 9.17) is 5.11 Å². The van der Waals surface area contributed by atoms with Crippen LogP contribution in [0.15, 0.2) is 28.5 Å². The van der Waals surface area contributed by atoms with Gasteiger partial charge in [0.25, 0.3) is 5.69 Å². The van der Waals surface area contributed by atoms with Crippen LogP contribution in [0.5, 0.6) is 0 Å². The zero-order chi connectivity index (χ0) is 18.0. The number of nitrogens with one attached hydrogen (secondary N) is 1. The second kappa shape index (κ2) is 6.89. The van der Waals surface area contributed by atoms with Gasteiger partial charge in [-0.15, -0.1) is 5.10 Å². The Bertz CT molecular complexity index is 865. The third-order valence-electron chi connectivity index (χ3n) is 3.49. The largest absolute Gasteiger partial charge is 0.481 e. The van der Waals surface area contributed by atoms with E-state index < -0.39 is 10.9 Å². The number of carboxylic acid groups (broad SMARTS) is 1. The molecule has 130 valence electrons. The summed E-state index contributed by atoms with van der Waals surface area (Å²) in [5.41, 5.74) is 1.86. The summed E-state index contributed by atoms with van der Waals surface area (Å²) in [6.45, 7) is 0.756. The van der Waals surface area contributed by atoms with Crippen molar-refractivity contribution in [3.63, 3.8) is 0 Å². The molecule has 1 aliphatic heterocycles. The molecular weight excluding hydrogens is 348 g/mol. The quantitative estimate of drug-likeness (QED) is 0.449. The molecule has 0 saturated carbocycles. The van der Waals surface area contributed by atoms with Gasteiger partial charge in [-0.25, -0.2) is 4.98 Å². The maximum absolute atomic E-state index is 11.2. The van der Waals surface area contributed by atoms with Gasteiger partial charge in [-0.3, -0.25) is 25.0 Å². The van der Waals surface area contributed by atoms with E-state index in [1.54, 1.807) is 11.1 Å². The SMILES string of the molecule is CN1CCC(c2cc(-c3nc(SCC(=O)O)n[nH]3)cc([N+](=O)[O-])c2)=N1. The molecule has 11 heteroatoms. The van der Waals surface area contributed by atoms with Gasteiger partial charge in [0.2, 0.25) is 5.16 Å². The molecule has 1 aromatic heterocycles. The third-order valence-corrected chi connectivity index (χ3v) is 4.32. The zero-order valence-electron chi connectivity index (χ0n) is 13.2. The summed E-state index contributed by atoms with van der Waals surface area (Å²) < 4.78 is 0. The van der Waals surface area contributed by atoms with Crippen LogP contribution >= 0.6 is 11.8 Å². The molecule has 0 radical (unpaired) electrons. The molecule has 0 saturated heterocycles. The number of rotatable bonds is 6. The lowest BCUT2D eigenvalue weighted by Gasteiger charge is -2.04. The lowest BCUT2D eigenvalue weighted by Crippen LogP contribution is -2.04. The van der Waals surface area contributed by atoms with Crippen LogP contribution in [-0.4, -0.2) is 61.2 Å².